The Balaban J connectivity index is 1.54. The summed E-state index contributed by atoms with van der Waals surface area (Å²) in [7, 11) is -1.76. The second-order valence-corrected chi connectivity index (χ2v) is 8.63. The Morgan fingerprint density at radius 2 is 1.92 bits per heavy atom. The topological polar surface area (TPSA) is 77.3 Å². The molecule has 8 heteroatoms. The van der Waals surface area contributed by atoms with E-state index in [-0.39, 0.29) is 23.2 Å². The molecule has 0 aliphatic carbocycles. The van der Waals surface area contributed by atoms with Gasteiger partial charge in [-0.3, -0.25) is 0 Å². The maximum Gasteiger partial charge on any atom is 0.262 e. The van der Waals surface area contributed by atoms with Crippen LogP contribution in [-0.4, -0.2) is 45.4 Å². The smallest absolute Gasteiger partial charge is 0.262 e. The number of piperidine rings is 1. The number of nitrogens with zero attached hydrogens (tertiary/aromatic N) is 4. The molecular weight excluding hydrogens is 340 g/mol. The SMILES string of the molecule is Cc1nc(S(=O)(=O)N2C3CCC2CC(Oc2ccccn2)C3)cn1C. The minimum Gasteiger partial charge on any atom is -0.474 e. The summed E-state index contributed by atoms with van der Waals surface area (Å²) in [5, 5.41) is 0.147. The summed E-state index contributed by atoms with van der Waals surface area (Å²) in [6.45, 7) is 1.81. The summed E-state index contributed by atoms with van der Waals surface area (Å²) >= 11 is 0. The average Bonchev–Trinajstić information content (AvgIpc) is 3.07. The number of hydrogen-bond donors (Lipinski definition) is 0. The third-order valence-corrected chi connectivity index (χ3v) is 7.05. The first-order chi connectivity index (χ1) is 11.9. The second kappa shape index (κ2) is 6.10. The molecule has 7 nitrogen and oxygen atoms in total. The van der Waals surface area contributed by atoms with Gasteiger partial charge in [-0.1, -0.05) is 6.07 Å². The van der Waals surface area contributed by atoms with Crippen LogP contribution in [0.4, 0.5) is 0 Å². The van der Waals surface area contributed by atoms with Gasteiger partial charge in [0.1, 0.15) is 11.9 Å². The van der Waals surface area contributed by atoms with Crippen molar-refractivity contribution in [3.8, 4) is 5.88 Å². The summed E-state index contributed by atoms with van der Waals surface area (Å²) in [6.07, 6.45) is 6.43. The molecule has 0 saturated carbocycles. The highest BCUT2D eigenvalue weighted by molar-refractivity contribution is 7.89. The highest BCUT2D eigenvalue weighted by Crippen LogP contribution is 2.40. The van der Waals surface area contributed by atoms with Crippen molar-refractivity contribution in [3.05, 3.63) is 36.4 Å². The van der Waals surface area contributed by atoms with Gasteiger partial charge in [0.05, 0.1) is 0 Å². The molecule has 2 atom stereocenters. The van der Waals surface area contributed by atoms with E-state index in [4.69, 9.17) is 4.74 Å². The monoisotopic (exact) mass is 362 g/mol. The van der Waals surface area contributed by atoms with Gasteiger partial charge in [-0.05, 0) is 25.8 Å². The summed E-state index contributed by atoms with van der Waals surface area (Å²) in [4.78, 5) is 8.44. The normalized spacial score (nSPS) is 26.7. The van der Waals surface area contributed by atoms with Crippen LogP contribution in [0.25, 0.3) is 0 Å². The Bertz CT molecular complexity index is 832. The van der Waals surface area contributed by atoms with Gasteiger partial charge in [0.15, 0.2) is 5.03 Å². The molecule has 0 spiro atoms. The zero-order valence-electron chi connectivity index (χ0n) is 14.4. The molecule has 0 aromatic carbocycles. The van der Waals surface area contributed by atoms with Crippen molar-refractivity contribution in [2.75, 3.05) is 0 Å². The number of aromatic nitrogens is 3. The number of fused-ring (bicyclic) bond motifs is 2. The van der Waals surface area contributed by atoms with Gasteiger partial charge in [0.2, 0.25) is 5.88 Å². The van der Waals surface area contributed by atoms with E-state index in [0.29, 0.717) is 24.5 Å². The molecule has 4 rings (SSSR count). The standard InChI is InChI=1S/C17H22N4O3S/c1-12-19-17(11-20(12)2)25(22,23)21-13-6-7-14(21)10-15(9-13)24-16-5-3-4-8-18-16/h3-5,8,11,13-15H,6-7,9-10H2,1-2H3. The maximum atomic E-state index is 13.1. The summed E-state index contributed by atoms with van der Waals surface area (Å²) in [6, 6.07) is 5.52. The van der Waals surface area contributed by atoms with Crippen molar-refractivity contribution in [3.63, 3.8) is 0 Å². The number of rotatable bonds is 4. The molecule has 25 heavy (non-hydrogen) atoms. The first-order valence-electron chi connectivity index (χ1n) is 8.56. The molecule has 2 bridgehead atoms. The van der Waals surface area contributed by atoms with Gasteiger partial charge >= 0.3 is 0 Å². The van der Waals surface area contributed by atoms with Crippen molar-refractivity contribution >= 4 is 10.0 Å². The molecule has 134 valence electrons. The zero-order valence-corrected chi connectivity index (χ0v) is 15.2. The van der Waals surface area contributed by atoms with Crippen LogP contribution in [0.2, 0.25) is 0 Å². The van der Waals surface area contributed by atoms with Gasteiger partial charge < -0.3 is 9.30 Å². The average molecular weight is 362 g/mol. The third-order valence-electron chi connectivity index (χ3n) is 5.18. The minimum atomic E-state index is -3.57. The Hall–Kier alpha value is -1.93. The first-order valence-corrected chi connectivity index (χ1v) is 10.0. The molecule has 2 fully saturated rings. The van der Waals surface area contributed by atoms with E-state index in [0.717, 1.165) is 12.8 Å². The third kappa shape index (κ3) is 2.93. The van der Waals surface area contributed by atoms with E-state index >= 15 is 0 Å². The van der Waals surface area contributed by atoms with E-state index in [1.165, 1.54) is 0 Å². The lowest BCUT2D eigenvalue weighted by molar-refractivity contribution is 0.0917. The van der Waals surface area contributed by atoms with Gasteiger partial charge in [-0.25, -0.2) is 18.4 Å². The summed E-state index contributed by atoms with van der Waals surface area (Å²) in [5.41, 5.74) is 0. The van der Waals surface area contributed by atoms with Crippen LogP contribution >= 0.6 is 0 Å². The molecule has 4 heterocycles. The summed E-state index contributed by atoms with van der Waals surface area (Å²) in [5.74, 6) is 1.29. The van der Waals surface area contributed by atoms with E-state index in [1.807, 2.05) is 25.2 Å². The molecule has 2 unspecified atom stereocenters. The van der Waals surface area contributed by atoms with Crippen LogP contribution in [0.5, 0.6) is 5.88 Å². The molecular formula is C17H22N4O3S. The largest absolute Gasteiger partial charge is 0.474 e. The zero-order chi connectivity index (χ0) is 17.6. The number of ether oxygens (including phenoxy) is 1. The van der Waals surface area contributed by atoms with Crippen LogP contribution in [0.3, 0.4) is 0 Å². The Kier molecular flexibility index (Phi) is 4.04. The quantitative estimate of drug-likeness (QED) is 0.830. The van der Waals surface area contributed by atoms with Crippen LogP contribution < -0.4 is 4.74 Å². The fourth-order valence-corrected chi connectivity index (χ4v) is 5.84. The number of hydrogen-bond acceptors (Lipinski definition) is 5. The lowest BCUT2D eigenvalue weighted by Crippen LogP contribution is -2.49. The predicted octanol–water partition coefficient (Wildman–Crippen LogP) is 1.89. The maximum absolute atomic E-state index is 13.1. The highest BCUT2D eigenvalue weighted by Gasteiger charge is 2.48. The molecule has 2 aromatic rings. The molecule has 2 saturated heterocycles. The highest BCUT2D eigenvalue weighted by atomic mass is 32.2. The van der Waals surface area contributed by atoms with Crippen molar-refractivity contribution in [2.24, 2.45) is 7.05 Å². The molecule has 0 amide bonds. The molecule has 0 N–H and O–H groups in total. The predicted molar refractivity (Wildman–Crippen MR) is 91.7 cm³/mol. The van der Waals surface area contributed by atoms with Gasteiger partial charge in [-0.2, -0.15) is 4.31 Å². The number of sulfonamides is 1. The van der Waals surface area contributed by atoms with Gasteiger partial charge in [-0.15, -0.1) is 0 Å². The van der Waals surface area contributed by atoms with E-state index in [1.54, 1.807) is 28.2 Å². The van der Waals surface area contributed by atoms with E-state index in [2.05, 4.69) is 9.97 Å². The van der Waals surface area contributed by atoms with Crippen LogP contribution in [0.1, 0.15) is 31.5 Å². The first kappa shape index (κ1) is 16.5. The van der Waals surface area contributed by atoms with Crippen LogP contribution in [0.15, 0.2) is 35.6 Å². The Labute approximate surface area is 147 Å². The van der Waals surface area contributed by atoms with Crippen LogP contribution in [-0.2, 0) is 17.1 Å². The number of aryl methyl sites for hydroxylation is 2. The molecule has 2 aliphatic heterocycles. The number of imidazole rings is 1. The second-order valence-electron chi connectivity index (χ2n) is 6.84. The van der Waals surface area contributed by atoms with Crippen LogP contribution in [0, 0.1) is 6.92 Å². The molecule has 2 aromatic heterocycles. The minimum absolute atomic E-state index is 0.00400. The summed E-state index contributed by atoms with van der Waals surface area (Å²) < 4.78 is 35.5. The van der Waals surface area contributed by atoms with Gasteiger partial charge in [0, 0.05) is 50.4 Å². The lowest BCUT2D eigenvalue weighted by Gasteiger charge is -2.37. The number of pyridine rings is 1. The lowest BCUT2D eigenvalue weighted by atomic mass is 10.0. The van der Waals surface area contributed by atoms with Crippen molar-refractivity contribution in [1.82, 2.24) is 18.8 Å². The van der Waals surface area contributed by atoms with Crippen molar-refractivity contribution < 1.29 is 13.2 Å². The van der Waals surface area contributed by atoms with E-state index < -0.39 is 10.0 Å². The molecule has 0 radical (unpaired) electrons. The Morgan fingerprint density at radius 1 is 1.20 bits per heavy atom. The van der Waals surface area contributed by atoms with E-state index in [9.17, 15) is 8.42 Å². The fraction of sp³-hybridized carbons (Fsp3) is 0.529. The van der Waals surface area contributed by atoms with Crippen molar-refractivity contribution in [2.45, 2.75) is 55.8 Å². The Morgan fingerprint density at radius 3 is 2.48 bits per heavy atom. The van der Waals surface area contributed by atoms with Crippen molar-refractivity contribution in [1.29, 1.82) is 0 Å². The van der Waals surface area contributed by atoms with Gasteiger partial charge in [0.25, 0.3) is 10.0 Å². The molecule has 2 aliphatic rings. The fourth-order valence-electron chi connectivity index (χ4n) is 3.92.